The van der Waals surface area contributed by atoms with Gasteiger partial charge in [-0.2, -0.15) is 0 Å². The molecule has 0 saturated carbocycles. The second-order valence-corrected chi connectivity index (χ2v) is 17.8. The molecule has 0 rings (SSSR count). The molecule has 0 aromatic carbocycles. The molecule has 0 aliphatic carbocycles. The van der Waals surface area contributed by atoms with Gasteiger partial charge in [0.05, 0.1) is 0 Å². The van der Waals surface area contributed by atoms with E-state index in [9.17, 15) is 14.4 Å². The Kier molecular flexibility index (Phi) is 46.3. The van der Waals surface area contributed by atoms with Crippen LogP contribution in [-0.2, 0) is 19.1 Å². The summed E-state index contributed by atoms with van der Waals surface area (Å²) < 4.78 is 6.07. The first-order chi connectivity index (χ1) is 28.5. The highest BCUT2D eigenvalue weighted by Crippen LogP contribution is 2.20. The highest BCUT2D eigenvalue weighted by atomic mass is 16.5. The van der Waals surface area contributed by atoms with Crippen molar-refractivity contribution in [3.63, 3.8) is 0 Å². The van der Waals surface area contributed by atoms with Crippen molar-refractivity contribution in [3.8, 4) is 0 Å². The number of carbonyl (C=O) groups is 3. The van der Waals surface area contributed by atoms with Crippen LogP contribution in [0.1, 0.15) is 290 Å². The molecular formula is C52H99NO5. The maximum atomic E-state index is 12.8. The number of ether oxygens (including phenoxy) is 1. The summed E-state index contributed by atoms with van der Waals surface area (Å²) in [6.07, 6.45) is 57.9. The molecule has 0 aliphatic heterocycles. The molecule has 0 spiro atoms. The molecule has 6 heteroatoms. The summed E-state index contributed by atoms with van der Waals surface area (Å²) in [4.78, 5) is 35.2. The number of unbranched alkanes of at least 4 members (excludes halogenated alkanes) is 35. The second kappa shape index (κ2) is 47.8. The zero-order valence-electron chi connectivity index (χ0n) is 38.9. The van der Waals surface area contributed by atoms with Crippen molar-refractivity contribution in [2.75, 3.05) is 6.54 Å². The molecule has 0 bridgehead atoms. The Hall–Kier alpha value is -1.85. The standard InChI is InChI=1S/C52H99NO5/c1-3-5-7-9-11-13-15-17-19-20-21-22-23-24-26-28-30-32-34-39-43-47-52(57)58-49(45-41-37-35-38-42-46-50(54)53-48-51(55)56)44-40-36-33-31-29-27-25-18-16-14-12-10-8-6-4-2/h20-21,49H,3-19,22-48H2,1-2H3,(H,53,54)(H,55,56)/b21-20-. The van der Waals surface area contributed by atoms with E-state index >= 15 is 0 Å². The molecule has 0 fully saturated rings. The molecule has 0 saturated heterocycles. The van der Waals surface area contributed by atoms with Gasteiger partial charge in [-0.15, -0.1) is 0 Å². The number of carbonyl (C=O) groups excluding carboxylic acids is 2. The molecule has 0 aliphatic rings. The number of esters is 1. The van der Waals surface area contributed by atoms with Crippen LogP contribution in [0.4, 0.5) is 0 Å². The van der Waals surface area contributed by atoms with Gasteiger partial charge in [0.1, 0.15) is 12.6 Å². The quantitative estimate of drug-likeness (QED) is 0.0362. The Balaban J connectivity index is 4.06. The SMILES string of the molecule is CCCCCCCCCC/C=C\CCCCCCCCCCCC(=O)OC(CCCCCCCCCCCCCCCCC)CCCCCCCC(=O)NCC(=O)O. The second-order valence-electron chi connectivity index (χ2n) is 17.8. The van der Waals surface area contributed by atoms with Crippen molar-refractivity contribution in [1.82, 2.24) is 5.32 Å². The summed E-state index contributed by atoms with van der Waals surface area (Å²) in [7, 11) is 0. The maximum Gasteiger partial charge on any atom is 0.322 e. The molecular weight excluding hydrogens is 719 g/mol. The average molecular weight is 818 g/mol. The fraction of sp³-hybridized carbons (Fsp3) is 0.904. The molecule has 1 amide bonds. The van der Waals surface area contributed by atoms with Gasteiger partial charge < -0.3 is 15.2 Å². The minimum Gasteiger partial charge on any atom is -0.480 e. The molecule has 1 unspecified atom stereocenters. The van der Waals surface area contributed by atoms with Gasteiger partial charge in [-0.1, -0.05) is 225 Å². The number of carboxylic acids is 1. The van der Waals surface area contributed by atoms with E-state index < -0.39 is 5.97 Å². The van der Waals surface area contributed by atoms with Gasteiger partial charge in [-0.25, -0.2) is 0 Å². The molecule has 2 N–H and O–H groups in total. The van der Waals surface area contributed by atoms with Crippen LogP contribution < -0.4 is 5.32 Å². The van der Waals surface area contributed by atoms with Crippen LogP contribution in [0.2, 0.25) is 0 Å². The molecule has 1 atom stereocenters. The highest BCUT2D eigenvalue weighted by molar-refractivity contribution is 5.80. The van der Waals surface area contributed by atoms with E-state index in [4.69, 9.17) is 9.84 Å². The Bertz CT molecular complexity index is 904. The van der Waals surface area contributed by atoms with Gasteiger partial charge in [-0.3, -0.25) is 14.4 Å². The first-order valence-electron chi connectivity index (χ1n) is 25.8. The molecule has 0 radical (unpaired) electrons. The number of carboxylic acid groups (broad SMARTS) is 1. The third-order valence-electron chi connectivity index (χ3n) is 11.9. The first-order valence-corrected chi connectivity index (χ1v) is 25.8. The van der Waals surface area contributed by atoms with E-state index in [2.05, 4.69) is 31.3 Å². The molecule has 0 heterocycles. The van der Waals surface area contributed by atoms with Crippen molar-refractivity contribution in [1.29, 1.82) is 0 Å². The number of hydrogen-bond acceptors (Lipinski definition) is 4. The van der Waals surface area contributed by atoms with E-state index in [-0.39, 0.29) is 24.5 Å². The van der Waals surface area contributed by atoms with Crippen LogP contribution in [0.15, 0.2) is 12.2 Å². The lowest BCUT2D eigenvalue weighted by Crippen LogP contribution is -2.28. The lowest BCUT2D eigenvalue weighted by Gasteiger charge is -2.18. The van der Waals surface area contributed by atoms with Crippen LogP contribution in [0.5, 0.6) is 0 Å². The average Bonchev–Trinajstić information content (AvgIpc) is 3.21. The number of allylic oxidation sites excluding steroid dienone is 2. The van der Waals surface area contributed by atoms with E-state index in [0.717, 1.165) is 64.2 Å². The van der Waals surface area contributed by atoms with E-state index in [1.807, 2.05) is 0 Å². The number of rotatable bonds is 48. The number of amides is 1. The largest absolute Gasteiger partial charge is 0.480 e. The van der Waals surface area contributed by atoms with Crippen LogP contribution in [-0.4, -0.2) is 35.6 Å². The summed E-state index contributed by atoms with van der Waals surface area (Å²) in [6, 6.07) is 0. The van der Waals surface area contributed by atoms with E-state index in [1.54, 1.807) is 0 Å². The predicted molar refractivity (Wildman–Crippen MR) is 250 cm³/mol. The zero-order chi connectivity index (χ0) is 42.3. The summed E-state index contributed by atoms with van der Waals surface area (Å²) >= 11 is 0. The minimum atomic E-state index is -1.01. The Morgan fingerprint density at radius 3 is 1.10 bits per heavy atom. The molecule has 58 heavy (non-hydrogen) atoms. The first kappa shape index (κ1) is 56.1. The van der Waals surface area contributed by atoms with Crippen molar-refractivity contribution in [2.24, 2.45) is 0 Å². The van der Waals surface area contributed by atoms with Gasteiger partial charge in [0.2, 0.25) is 5.91 Å². The van der Waals surface area contributed by atoms with Gasteiger partial charge in [-0.05, 0) is 64.2 Å². The maximum absolute atomic E-state index is 12.8. The van der Waals surface area contributed by atoms with Crippen molar-refractivity contribution >= 4 is 17.8 Å². The van der Waals surface area contributed by atoms with Crippen LogP contribution in [0.3, 0.4) is 0 Å². The number of nitrogens with one attached hydrogen (secondary N) is 1. The fourth-order valence-electron chi connectivity index (χ4n) is 8.10. The number of aliphatic carboxylic acids is 1. The molecule has 0 aromatic heterocycles. The van der Waals surface area contributed by atoms with Gasteiger partial charge in [0.25, 0.3) is 0 Å². The van der Waals surface area contributed by atoms with Crippen molar-refractivity contribution < 1.29 is 24.2 Å². The summed E-state index contributed by atoms with van der Waals surface area (Å²) in [5.41, 5.74) is 0. The predicted octanol–water partition coefficient (Wildman–Crippen LogP) is 16.5. The summed E-state index contributed by atoms with van der Waals surface area (Å²) in [5, 5.41) is 11.1. The fourth-order valence-corrected chi connectivity index (χ4v) is 8.10. The zero-order valence-corrected chi connectivity index (χ0v) is 38.9. The topological polar surface area (TPSA) is 92.7 Å². The van der Waals surface area contributed by atoms with E-state index in [0.29, 0.717) is 12.8 Å². The summed E-state index contributed by atoms with van der Waals surface area (Å²) in [5.74, 6) is -1.21. The van der Waals surface area contributed by atoms with Crippen LogP contribution in [0, 0.1) is 0 Å². The normalized spacial score (nSPS) is 12.0. The van der Waals surface area contributed by atoms with Gasteiger partial charge in [0.15, 0.2) is 0 Å². The molecule has 342 valence electrons. The van der Waals surface area contributed by atoms with Gasteiger partial charge in [0, 0.05) is 12.8 Å². The Labute approximate surface area is 361 Å². The Morgan fingerprint density at radius 1 is 0.431 bits per heavy atom. The smallest absolute Gasteiger partial charge is 0.322 e. The third-order valence-corrected chi connectivity index (χ3v) is 11.9. The van der Waals surface area contributed by atoms with Crippen molar-refractivity contribution in [2.45, 2.75) is 296 Å². The number of hydrogen-bond donors (Lipinski definition) is 2. The third kappa shape index (κ3) is 46.8. The monoisotopic (exact) mass is 818 g/mol. The molecule has 6 nitrogen and oxygen atoms in total. The van der Waals surface area contributed by atoms with Gasteiger partial charge >= 0.3 is 11.9 Å². The highest BCUT2D eigenvalue weighted by Gasteiger charge is 2.14. The molecule has 0 aromatic rings. The summed E-state index contributed by atoms with van der Waals surface area (Å²) in [6.45, 7) is 4.26. The lowest BCUT2D eigenvalue weighted by molar-refractivity contribution is -0.150. The van der Waals surface area contributed by atoms with Crippen LogP contribution >= 0.6 is 0 Å². The Morgan fingerprint density at radius 2 is 0.741 bits per heavy atom. The van der Waals surface area contributed by atoms with Crippen LogP contribution in [0.25, 0.3) is 0 Å². The van der Waals surface area contributed by atoms with E-state index in [1.165, 1.54) is 199 Å². The minimum absolute atomic E-state index is 0.00909. The lowest BCUT2D eigenvalue weighted by atomic mass is 10.0. The van der Waals surface area contributed by atoms with Crippen molar-refractivity contribution in [3.05, 3.63) is 12.2 Å².